The lowest BCUT2D eigenvalue weighted by atomic mass is 10.1. The highest BCUT2D eigenvalue weighted by atomic mass is 32.1. The minimum atomic E-state index is -0.406. The van der Waals surface area contributed by atoms with Crippen LogP contribution in [0.2, 0.25) is 0 Å². The Morgan fingerprint density at radius 2 is 2.11 bits per heavy atom. The Labute approximate surface area is 115 Å². The molecule has 6 heteroatoms. The summed E-state index contributed by atoms with van der Waals surface area (Å²) in [5, 5.41) is 4.82. The first kappa shape index (κ1) is 12.1. The van der Waals surface area contributed by atoms with Gasteiger partial charge in [0.2, 0.25) is 11.8 Å². The van der Waals surface area contributed by atoms with Crippen LogP contribution in [0, 0.1) is 0 Å². The van der Waals surface area contributed by atoms with E-state index in [0.29, 0.717) is 23.6 Å². The van der Waals surface area contributed by atoms with Crippen molar-refractivity contribution in [1.29, 1.82) is 0 Å². The molecule has 2 aromatic rings. The standard InChI is InChI=1S/C13H13N3O2S/c14-9-3-1-2-7-8(9)6-16(13(7)19)10-4-5-11(17)15-12(10)18/h1-3,6,10,19H,4-5,14H2,(H,15,17,18). The third-order valence-corrected chi connectivity index (χ3v) is 3.91. The van der Waals surface area contributed by atoms with Crippen molar-refractivity contribution in [2.75, 3.05) is 5.73 Å². The number of fused-ring (bicyclic) bond motifs is 1. The highest BCUT2D eigenvalue weighted by Crippen LogP contribution is 2.33. The van der Waals surface area contributed by atoms with E-state index in [1.54, 1.807) is 4.57 Å². The fourth-order valence-electron chi connectivity index (χ4n) is 2.45. The van der Waals surface area contributed by atoms with Crippen molar-refractivity contribution in [1.82, 2.24) is 9.88 Å². The fourth-order valence-corrected chi connectivity index (χ4v) is 2.84. The molecule has 19 heavy (non-hydrogen) atoms. The average Bonchev–Trinajstić information content (AvgIpc) is 2.69. The third-order valence-electron chi connectivity index (χ3n) is 3.44. The molecule has 1 aromatic carbocycles. The Morgan fingerprint density at radius 1 is 1.32 bits per heavy atom. The highest BCUT2D eigenvalue weighted by Gasteiger charge is 2.29. The summed E-state index contributed by atoms with van der Waals surface area (Å²) in [4.78, 5) is 23.1. The van der Waals surface area contributed by atoms with Crippen LogP contribution in [-0.2, 0) is 9.59 Å². The molecule has 1 aromatic heterocycles. The lowest BCUT2D eigenvalue weighted by Crippen LogP contribution is -2.41. The Morgan fingerprint density at radius 3 is 2.79 bits per heavy atom. The van der Waals surface area contributed by atoms with Gasteiger partial charge in [0.1, 0.15) is 6.04 Å². The maximum Gasteiger partial charge on any atom is 0.249 e. The average molecular weight is 275 g/mol. The maximum absolute atomic E-state index is 11.9. The van der Waals surface area contributed by atoms with Crippen LogP contribution in [0.4, 0.5) is 5.69 Å². The summed E-state index contributed by atoms with van der Waals surface area (Å²) in [5.41, 5.74) is 6.57. The van der Waals surface area contributed by atoms with Crippen LogP contribution in [0.1, 0.15) is 18.9 Å². The van der Waals surface area contributed by atoms with Gasteiger partial charge >= 0.3 is 0 Å². The number of hydrogen-bond donors (Lipinski definition) is 3. The summed E-state index contributed by atoms with van der Waals surface area (Å²) in [6.45, 7) is 0. The number of thiol groups is 1. The van der Waals surface area contributed by atoms with E-state index in [0.717, 1.165) is 10.8 Å². The van der Waals surface area contributed by atoms with Crippen LogP contribution in [0.3, 0.4) is 0 Å². The summed E-state index contributed by atoms with van der Waals surface area (Å²) in [6, 6.07) is 5.17. The minimum Gasteiger partial charge on any atom is -0.398 e. The van der Waals surface area contributed by atoms with E-state index in [4.69, 9.17) is 5.73 Å². The predicted molar refractivity (Wildman–Crippen MR) is 75.0 cm³/mol. The number of hydrogen-bond acceptors (Lipinski definition) is 4. The number of rotatable bonds is 1. The predicted octanol–water partition coefficient (Wildman–Crippen LogP) is 1.49. The molecule has 0 spiro atoms. The quantitative estimate of drug-likeness (QED) is 0.419. The van der Waals surface area contributed by atoms with Crippen LogP contribution in [-0.4, -0.2) is 16.4 Å². The van der Waals surface area contributed by atoms with E-state index in [-0.39, 0.29) is 11.8 Å². The molecule has 2 amide bonds. The largest absolute Gasteiger partial charge is 0.398 e. The summed E-state index contributed by atoms with van der Waals surface area (Å²) in [5.74, 6) is -0.511. The normalized spacial score (nSPS) is 19.7. The van der Waals surface area contributed by atoms with Gasteiger partial charge in [-0.15, -0.1) is 12.6 Å². The Hall–Kier alpha value is -1.95. The Kier molecular flexibility index (Phi) is 2.74. The van der Waals surface area contributed by atoms with Crippen molar-refractivity contribution in [3.63, 3.8) is 0 Å². The van der Waals surface area contributed by atoms with E-state index in [2.05, 4.69) is 17.9 Å². The van der Waals surface area contributed by atoms with Gasteiger partial charge < -0.3 is 10.3 Å². The maximum atomic E-state index is 11.9. The second-order valence-corrected chi connectivity index (χ2v) is 5.06. The molecule has 0 saturated carbocycles. The molecule has 0 aliphatic carbocycles. The van der Waals surface area contributed by atoms with E-state index in [1.807, 2.05) is 24.4 Å². The zero-order valence-corrected chi connectivity index (χ0v) is 11.0. The van der Waals surface area contributed by atoms with Crippen LogP contribution < -0.4 is 11.1 Å². The van der Waals surface area contributed by atoms with Crippen molar-refractivity contribution in [3.8, 4) is 0 Å². The molecule has 1 aliphatic heterocycles. The molecule has 1 aliphatic rings. The zero-order chi connectivity index (χ0) is 13.6. The van der Waals surface area contributed by atoms with E-state index in [1.165, 1.54) is 0 Å². The molecule has 1 unspecified atom stereocenters. The van der Waals surface area contributed by atoms with E-state index in [9.17, 15) is 9.59 Å². The first-order valence-corrected chi connectivity index (χ1v) is 6.44. The van der Waals surface area contributed by atoms with Crippen LogP contribution in [0.25, 0.3) is 10.8 Å². The third kappa shape index (κ3) is 1.88. The number of nitrogens with one attached hydrogen (secondary N) is 1. The summed E-state index contributed by atoms with van der Waals surface area (Å²) in [7, 11) is 0. The van der Waals surface area contributed by atoms with Crippen LogP contribution in [0.15, 0.2) is 29.4 Å². The van der Waals surface area contributed by atoms with Gasteiger partial charge in [0.25, 0.3) is 0 Å². The van der Waals surface area contributed by atoms with Gasteiger partial charge in [-0.05, 0) is 12.5 Å². The summed E-state index contributed by atoms with van der Waals surface area (Å²) in [6.07, 6.45) is 2.65. The smallest absolute Gasteiger partial charge is 0.249 e. The minimum absolute atomic E-state index is 0.224. The van der Waals surface area contributed by atoms with E-state index >= 15 is 0 Å². The van der Waals surface area contributed by atoms with Crippen LogP contribution in [0.5, 0.6) is 0 Å². The molecule has 2 heterocycles. The molecule has 1 saturated heterocycles. The van der Waals surface area contributed by atoms with Gasteiger partial charge in [0.05, 0.1) is 5.03 Å². The lowest BCUT2D eigenvalue weighted by Gasteiger charge is -2.23. The molecular formula is C13H13N3O2S. The van der Waals surface area contributed by atoms with Gasteiger partial charge in [0.15, 0.2) is 0 Å². The number of nitrogens with zero attached hydrogens (tertiary/aromatic N) is 1. The Bertz CT molecular complexity index is 692. The van der Waals surface area contributed by atoms with Crippen molar-refractivity contribution >= 4 is 40.9 Å². The number of anilines is 1. The lowest BCUT2D eigenvalue weighted by molar-refractivity contribution is -0.135. The molecular weight excluding hydrogens is 262 g/mol. The Balaban J connectivity index is 2.11. The molecule has 1 atom stereocenters. The monoisotopic (exact) mass is 275 g/mol. The van der Waals surface area contributed by atoms with Gasteiger partial charge in [-0.2, -0.15) is 0 Å². The number of aromatic nitrogens is 1. The van der Waals surface area contributed by atoms with Gasteiger partial charge in [-0.25, -0.2) is 0 Å². The number of benzene rings is 1. The van der Waals surface area contributed by atoms with Crippen molar-refractivity contribution in [3.05, 3.63) is 24.4 Å². The SMILES string of the molecule is Nc1cccc2c(S)n(C3CCC(=O)NC3=O)cc12. The number of amides is 2. The first-order chi connectivity index (χ1) is 9.08. The first-order valence-electron chi connectivity index (χ1n) is 5.99. The molecule has 3 rings (SSSR count). The molecule has 98 valence electrons. The summed E-state index contributed by atoms with van der Waals surface area (Å²) < 4.78 is 1.78. The number of nitrogen functional groups attached to an aromatic ring is 1. The van der Waals surface area contributed by atoms with Crippen molar-refractivity contribution in [2.24, 2.45) is 0 Å². The van der Waals surface area contributed by atoms with E-state index < -0.39 is 6.04 Å². The molecule has 1 fully saturated rings. The number of nitrogens with two attached hydrogens (primary N) is 1. The van der Waals surface area contributed by atoms with Crippen molar-refractivity contribution < 1.29 is 9.59 Å². The van der Waals surface area contributed by atoms with Gasteiger partial charge in [-0.3, -0.25) is 14.9 Å². The number of carbonyl (C=O) groups is 2. The molecule has 0 radical (unpaired) electrons. The highest BCUT2D eigenvalue weighted by molar-refractivity contribution is 7.80. The number of piperidine rings is 1. The second-order valence-electron chi connectivity index (χ2n) is 4.64. The topological polar surface area (TPSA) is 77.1 Å². The fraction of sp³-hybridized carbons (Fsp3) is 0.231. The molecule has 3 N–H and O–H groups in total. The van der Waals surface area contributed by atoms with Gasteiger partial charge in [-0.1, -0.05) is 12.1 Å². The molecule has 5 nitrogen and oxygen atoms in total. The number of imide groups is 1. The number of carbonyl (C=O) groups excluding carboxylic acids is 2. The summed E-state index contributed by atoms with van der Waals surface area (Å²) >= 11 is 4.48. The molecule has 0 bridgehead atoms. The van der Waals surface area contributed by atoms with Crippen LogP contribution >= 0.6 is 12.6 Å². The zero-order valence-electron chi connectivity index (χ0n) is 10.1. The second kappa shape index (κ2) is 4.31. The van der Waals surface area contributed by atoms with Gasteiger partial charge in [0, 0.05) is 29.1 Å². The van der Waals surface area contributed by atoms with Crippen molar-refractivity contribution in [2.45, 2.75) is 23.9 Å².